The van der Waals surface area contributed by atoms with Crippen LogP contribution in [0.4, 0.5) is 0 Å². The van der Waals surface area contributed by atoms with Gasteiger partial charge < -0.3 is 14.5 Å². The van der Waals surface area contributed by atoms with Gasteiger partial charge in [0.2, 0.25) is 0 Å². The zero-order chi connectivity index (χ0) is 12.8. The van der Waals surface area contributed by atoms with Gasteiger partial charge >= 0.3 is 0 Å². The molecule has 1 aromatic carbocycles. The second-order valence-corrected chi connectivity index (χ2v) is 4.33. The summed E-state index contributed by atoms with van der Waals surface area (Å²) in [5.74, 6) is 1.46. The molecular weight excluding hydrogens is 250 g/mol. The molecular formula is C14H16ClNO2. The molecule has 1 aromatic heterocycles. The maximum atomic E-state index is 6.00. The molecule has 0 aliphatic carbocycles. The van der Waals surface area contributed by atoms with Crippen molar-refractivity contribution in [2.75, 3.05) is 6.54 Å². The van der Waals surface area contributed by atoms with Crippen LogP contribution in [0.3, 0.4) is 0 Å². The summed E-state index contributed by atoms with van der Waals surface area (Å²) in [6.07, 6.45) is 1.74. The number of hydrogen-bond donors (Lipinski definition) is 1. The van der Waals surface area contributed by atoms with E-state index in [4.69, 9.17) is 20.8 Å². The molecule has 0 saturated carbocycles. The molecule has 0 fully saturated rings. The Balaban J connectivity index is 1.90. The number of ether oxygens (including phenoxy) is 1. The predicted molar refractivity (Wildman–Crippen MR) is 71.9 cm³/mol. The van der Waals surface area contributed by atoms with Crippen molar-refractivity contribution in [1.29, 1.82) is 0 Å². The lowest BCUT2D eigenvalue weighted by atomic mass is 10.3. The molecule has 18 heavy (non-hydrogen) atoms. The summed E-state index contributed by atoms with van der Waals surface area (Å²) in [6.45, 7) is 4.21. The Morgan fingerprint density at radius 2 is 2.17 bits per heavy atom. The van der Waals surface area contributed by atoms with Gasteiger partial charge in [0.15, 0.2) is 0 Å². The first-order valence-electron chi connectivity index (χ1n) is 5.94. The molecule has 4 heteroatoms. The van der Waals surface area contributed by atoms with Crippen molar-refractivity contribution in [3.05, 3.63) is 52.9 Å². The average Bonchev–Trinajstić information content (AvgIpc) is 2.83. The van der Waals surface area contributed by atoms with Crippen molar-refractivity contribution in [1.82, 2.24) is 5.32 Å². The van der Waals surface area contributed by atoms with Crippen LogP contribution in [0.25, 0.3) is 0 Å². The fraction of sp³-hybridized carbons (Fsp3) is 0.286. The first-order valence-corrected chi connectivity index (χ1v) is 6.31. The van der Waals surface area contributed by atoms with Gasteiger partial charge in [0.05, 0.1) is 11.3 Å². The van der Waals surface area contributed by atoms with E-state index in [1.807, 2.05) is 24.3 Å². The van der Waals surface area contributed by atoms with E-state index < -0.39 is 0 Å². The standard InChI is InChI=1S/C14H16ClNO2/c1-2-16-8-11-7-12(17-9-11)10-18-14-6-4-3-5-13(14)15/h3-7,9,16H,2,8,10H2,1H3. The van der Waals surface area contributed by atoms with Gasteiger partial charge in [-0.25, -0.2) is 0 Å². The average molecular weight is 266 g/mol. The molecule has 0 atom stereocenters. The molecule has 96 valence electrons. The van der Waals surface area contributed by atoms with E-state index in [-0.39, 0.29) is 0 Å². The number of furan rings is 1. The largest absolute Gasteiger partial charge is 0.484 e. The van der Waals surface area contributed by atoms with Crippen molar-refractivity contribution >= 4 is 11.6 Å². The summed E-state index contributed by atoms with van der Waals surface area (Å²) in [4.78, 5) is 0. The van der Waals surface area contributed by atoms with E-state index in [1.54, 1.807) is 12.3 Å². The van der Waals surface area contributed by atoms with Gasteiger partial charge in [-0.15, -0.1) is 0 Å². The van der Waals surface area contributed by atoms with Crippen molar-refractivity contribution in [3.8, 4) is 5.75 Å². The molecule has 0 radical (unpaired) electrons. The van der Waals surface area contributed by atoms with E-state index in [2.05, 4.69) is 12.2 Å². The Labute approximate surface area is 112 Å². The van der Waals surface area contributed by atoms with Gasteiger partial charge in [-0.2, -0.15) is 0 Å². The molecule has 1 N–H and O–H groups in total. The fourth-order valence-corrected chi connectivity index (χ4v) is 1.76. The van der Waals surface area contributed by atoms with Crippen LogP contribution < -0.4 is 10.1 Å². The maximum Gasteiger partial charge on any atom is 0.146 e. The van der Waals surface area contributed by atoms with E-state index in [0.717, 1.165) is 24.4 Å². The lowest BCUT2D eigenvalue weighted by Gasteiger charge is -2.05. The van der Waals surface area contributed by atoms with Gasteiger partial charge in [0, 0.05) is 12.1 Å². The Kier molecular flexibility index (Phi) is 4.67. The smallest absolute Gasteiger partial charge is 0.146 e. The number of rotatable bonds is 6. The monoisotopic (exact) mass is 265 g/mol. The third-order valence-corrected chi connectivity index (χ3v) is 2.81. The molecule has 2 aromatic rings. The van der Waals surface area contributed by atoms with Gasteiger partial charge in [0.25, 0.3) is 0 Å². The normalized spacial score (nSPS) is 10.6. The molecule has 3 nitrogen and oxygen atoms in total. The van der Waals surface area contributed by atoms with Crippen LogP contribution in [0.1, 0.15) is 18.2 Å². The molecule has 0 bridgehead atoms. The molecule has 0 unspecified atom stereocenters. The second kappa shape index (κ2) is 6.47. The van der Waals surface area contributed by atoms with Crippen LogP contribution in [0, 0.1) is 0 Å². The molecule has 0 saturated heterocycles. The van der Waals surface area contributed by atoms with E-state index in [1.165, 1.54) is 0 Å². The fourth-order valence-electron chi connectivity index (χ4n) is 1.57. The Morgan fingerprint density at radius 3 is 2.94 bits per heavy atom. The highest BCUT2D eigenvalue weighted by atomic mass is 35.5. The van der Waals surface area contributed by atoms with E-state index in [0.29, 0.717) is 17.4 Å². The number of nitrogens with one attached hydrogen (secondary N) is 1. The van der Waals surface area contributed by atoms with Crippen LogP contribution in [-0.2, 0) is 13.2 Å². The third-order valence-electron chi connectivity index (χ3n) is 2.49. The van der Waals surface area contributed by atoms with Crippen LogP contribution in [0.2, 0.25) is 5.02 Å². The summed E-state index contributed by atoms with van der Waals surface area (Å²) >= 11 is 6.00. The van der Waals surface area contributed by atoms with Gasteiger partial charge in [0.1, 0.15) is 18.1 Å². The minimum absolute atomic E-state index is 0.385. The maximum absolute atomic E-state index is 6.00. The Bertz CT molecular complexity index is 496. The third kappa shape index (κ3) is 3.52. The van der Waals surface area contributed by atoms with Crippen LogP contribution in [0.5, 0.6) is 5.75 Å². The zero-order valence-electron chi connectivity index (χ0n) is 10.3. The Hall–Kier alpha value is -1.45. The summed E-state index contributed by atoms with van der Waals surface area (Å²) in [6, 6.07) is 9.39. The van der Waals surface area contributed by atoms with Crippen LogP contribution in [-0.4, -0.2) is 6.54 Å². The van der Waals surface area contributed by atoms with Gasteiger partial charge in [-0.3, -0.25) is 0 Å². The topological polar surface area (TPSA) is 34.4 Å². The summed E-state index contributed by atoms with van der Waals surface area (Å²) < 4.78 is 11.0. The van der Waals surface area contributed by atoms with E-state index in [9.17, 15) is 0 Å². The SMILES string of the molecule is CCNCc1coc(COc2ccccc2Cl)c1. The molecule has 0 spiro atoms. The highest BCUT2D eigenvalue weighted by Gasteiger charge is 2.04. The number of hydrogen-bond acceptors (Lipinski definition) is 3. The highest BCUT2D eigenvalue weighted by Crippen LogP contribution is 2.24. The lowest BCUT2D eigenvalue weighted by Crippen LogP contribution is -2.10. The quantitative estimate of drug-likeness (QED) is 0.866. The lowest BCUT2D eigenvalue weighted by molar-refractivity contribution is 0.270. The summed E-state index contributed by atoms with van der Waals surface area (Å²) in [5, 5.41) is 3.85. The van der Waals surface area contributed by atoms with Gasteiger partial charge in [-0.05, 0) is 24.7 Å². The van der Waals surface area contributed by atoms with Crippen molar-refractivity contribution in [3.63, 3.8) is 0 Å². The van der Waals surface area contributed by atoms with Gasteiger partial charge in [-0.1, -0.05) is 30.7 Å². The van der Waals surface area contributed by atoms with Crippen LogP contribution in [0.15, 0.2) is 41.0 Å². The molecule has 0 aliphatic heterocycles. The highest BCUT2D eigenvalue weighted by molar-refractivity contribution is 6.32. The Morgan fingerprint density at radius 1 is 1.33 bits per heavy atom. The minimum Gasteiger partial charge on any atom is -0.484 e. The zero-order valence-corrected chi connectivity index (χ0v) is 11.0. The number of benzene rings is 1. The first kappa shape index (κ1) is 13.0. The first-order chi connectivity index (χ1) is 8.79. The summed E-state index contributed by atoms with van der Waals surface area (Å²) in [5.41, 5.74) is 1.12. The van der Waals surface area contributed by atoms with Crippen molar-refractivity contribution in [2.24, 2.45) is 0 Å². The predicted octanol–water partition coefficient (Wildman–Crippen LogP) is 3.62. The van der Waals surface area contributed by atoms with E-state index >= 15 is 0 Å². The van der Waals surface area contributed by atoms with Crippen molar-refractivity contribution in [2.45, 2.75) is 20.1 Å². The minimum atomic E-state index is 0.385. The molecule has 0 aliphatic rings. The second-order valence-electron chi connectivity index (χ2n) is 3.92. The summed E-state index contributed by atoms with van der Waals surface area (Å²) in [7, 11) is 0. The molecule has 1 heterocycles. The van der Waals surface area contributed by atoms with Crippen LogP contribution >= 0.6 is 11.6 Å². The number of para-hydroxylation sites is 1. The van der Waals surface area contributed by atoms with Crippen molar-refractivity contribution < 1.29 is 9.15 Å². The molecule has 2 rings (SSSR count). The number of halogens is 1. The molecule has 0 amide bonds.